The van der Waals surface area contributed by atoms with Crippen LogP contribution in [-0.4, -0.2) is 37.0 Å². The molecule has 104 valence electrons. The lowest BCUT2D eigenvalue weighted by Gasteiger charge is -2.23. The van der Waals surface area contributed by atoms with Crippen molar-refractivity contribution < 1.29 is 14.3 Å². The molecule has 0 aromatic heterocycles. The molecule has 0 bridgehead atoms. The van der Waals surface area contributed by atoms with E-state index in [2.05, 4.69) is 4.74 Å². The Morgan fingerprint density at radius 2 is 1.89 bits per heavy atom. The van der Waals surface area contributed by atoms with Gasteiger partial charge in [0.1, 0.15) is 0 Å². The zero-order valence-corrected chi connectivity index (χ0v) is 11.8. The van der Waals surface area contributed by atoms with Gasteiger partial charge in [0.25, 0.3) is 0 Å². The standard InChI is InChI=1S/C15H21NO3/c1-12(15(18)19-3)11-16(13(2)17)10-9-14-7-5-4-6-8-14/h4-8,12H,9-11H2,1-3H3. The number of methoxy groups -OCH3 is 1. The molecule has 1 amide bonds. The Morgan fingerprint density at radius 1 is 1.26 bits per heavy atom. The number of carbonyl (C=O) groups excluding carboxylic acids is 2. The predicted octanol–water partition coefficient (Wildman–Crippen LogP) is 1.89. The molecule has 0 aliphatic carbocycles. The summed E-state index contributed by atoms with van der Waals surface area (Å²) in [4.78, 5) is 24.7. The Labute approximate surface area is 114 Å². The SMILES string of the molecule is COC(=O)C(C)CN(CCc1ccccc1)C(C)=O. The van der Waals surface area contributed by atoms with E-state index in [1.54, 1.807) is 11.8 Å². The molecule has 1 unspecified atom stereocenters. The molecule has 0 saturated heterocycles. The third-order valence-corrected chi connectivity index (χ3v) is 3.06. The summed E-state index contributed by atoms with van der Waals surface area (Å²) in [6, 6.07) is 9.98. The molecule has 0 saturated carbocycles. The van der Waals surface area contributed by atoms with Crippen LogP contribution in [0.25, 0.3) is 0 Å². The van der Waals surface area contributed by atoms with Gasteiger partial charge in [-0.25, -0.2) is 0 Å². The summed E-state index contributed by atoms with van der Waals surface area (Å²) in [7, 11) is 1.36. The lowest BCUT2D eigenvalue weighted by molar-refractivity contribution is -0.146. The van der Waals surface area contributed by atoms with Crippen molar-refractivity contribution >= 4 is 11.9 Å². The van der Waals surface area contributed by atoms with Gasteiger partial charge in [0, 0.05) is 20.0 Å². The molecule has 4 heteroatoms. The Bertz CT molecular complexity index is 417. The summed E-state index contributed by atoms with van der Waals surface area (Å²) in [5.74, 6) is -0.609. The number of esters is 1. The molecule has 0 spiro atoms. The minimum absolute atomic E-state index is 0.0216. The summed E-state index contributed by atoms with van der Waals surface area (Å²) < 4.78 is 4.68. The quantitative estimate of drug-likeness (QED) is 0.736. The molecule has 1 aromatic rings. The topological polar surface area (TPSA) is 46.6 Å². The van der Waals surface area contributed by atoms with Gasteiger partial charge in [0.2, 0.25) is 5.91 Å². The first-order chi connectivity index (χ1) is 9.04. The van der Waals surface area contributed by atoms with Crippen LogP contribution in [0.1, 0.15) is 19.4 Å². The smallest absolute Gasteiger partial charge is 0.310 e. The van der Waals surface area contributed by atoms with Crippen molar-refractivity contribution in [1.29, 1.82) is 0 Å². The molecule has 4 nitrogen and oxygen atoms in total. The Kier molecular flexibility index (Phi) is 6.06. The highest BCUT2D eigenvalue weighted by atomic mass is 16.5. The van der Waals surface area contributed by atoms with Crippen LogP contribution in [0.15, 0.2) is 30.3 Å². The van der Waals surface area contributed by atoms with E-state index >= 15 is 0 Å². The number of rotatable bonds is 6. The van der Waals surface area contributed by atoms with E-state index in [1.807, 2.05) is 30.3 Å². The first kappa shape index (κ1) is 15.2. The molecular formula is C15H21NO3. The fraction of sp³-hybridized carbons (Fsp3) is 0.467. The van der Waals surface area contributed by atoms with Crippen molar-refractivity contribution in [3.8, 4) is 0 Å². The van der Waals surface area contributed by atoms with Gasteiger partial charge in [-0.05, 0) is 12.0 Å². The van der Waals surface area contributed by atoms with Gasteiger partial charge >= 0.3 is 5.97 Å². The van der Waals surface area contributed by atoms with Gasteiger partial charge in [0.15, 0.2) is 0 Å². The Hall–Kier alpha value is -1.84. The van der Waals surface area contributed by atoms with Gasteiger partial charge in [-0.3, -0.25) is 9.59 Å². The molecule has 1 aromatic carbocycles. The molecule has 0 heterocycles. The van der Waals surface area contributed by atoms with E-state index in [1.165, 1.54) is 19.6 Å². The first-order valence-corrected chi connectivity index (χ1v) is 6.42. The third kappa shape index (κ3) is 5.12. The van der Waals surface area contributed by atoms with E-state index in [-0.39, 0.29) is 17.8 Å². The number of nitrogens with zero attached hydrogens (tertiary/aromatic N) is 1. The summed E-state index contributed by atoms with van der Waals surface area (Å²) in [6.07, 6.45) is 0.786. The third-order valence-electron chi connectivity index (χ3n) is 3.06. The average molecular weight is 263 g/mol. The summed E-state index contributed by atoms with van der Waals surface area (Å²) >= 11 is 0. The molecule has 0 aliphatic rings. The van der Waals surface area contributed by atoms with Crippen molar-refractivity contribution in [2.75, 3.05) is 20.2 Å². The predicted molar refractivity (Wildman–Crippen MR) is 73.6 cm³/mol. The molecular weight excluding hydrogens is 242 g/mol. The number of hydrogen-bond donors (Lipinski definition) is 0. The van der Waals surface area contributed by atoms with Crippen LogP contribution in [0.2, 0.25) is 0 Å². The number of amides is 1. The van der Waals surface area contributed by atoms with Crippen LogP contribution in [0.4, 0.5) is 0 Å². The maximum Gasteiger partial charge on any atom is 0.310 e. The highest BCUT2D eigenvalue weighted by molar-refractivity contribution is 5.76. The van der Waals surface area contributed by atoms with Gasteiger partial charge in [-0.1, -0.05) is 37.3 Å². The molecule has 0 N–H and O–H groups in total. The highest BCUT2D eigenvalue weighted by Gasteiger charge is 2.19. The number of carbonyl (C=O) groups is 2. The monoisotopic (exact) mass is 263 g/mol. The largest absolute Gasteiger partial charge is 0.469 e. The van der Waals surface area contributed by atoms with Crippen molar-refractivity contribution in [2.45, 2.75) is 20.3 Å². The second kappa shape index (κ2) is 7.56. The van der Waals surface area contributed by atoms with Crippen LogP contribution < -0.4 is 0 Å². The molecule has 0 aliphatic heterocycles. The average Bonchev–Trinajstić information content (AvgIpc) is 2.42. The lowest BCUT2D eigenvalue weighted by atomic mass is 10.1. The van der Waals surface area contributed by atoms with Crippen molar-refractivity contribution in [3.05, 3.63) is 35.9 Å². The first-order valence-electron chi connectivity index (χ1n) is 6.42. The van der Waals surface area contributed by atoms with Gasteiger partial charge in [0.05, 0.1) is 13.0 Å². The zero-order chi connectivity index (χ0) is 14.3. The fourth-order valence-electron chi connectivity index (χ4n) is 1.89. The normalized spacial score (nSPS) is 11.7. The molecule has 1 rings (SSSR count). The fourth-order valence-corrected chi connectivity index (χ4v) is 1.89. The van der Waals surface area contributed by atoms with E-state index in [0.29, 0.717) is 13.1 Å². The van der Waals surface area contributed by atoms with E-state index < -0.39 is 0 Å². The number of benzene rings is 1. The minimum Gasteiger partial charge on any atom is -0.469 e. The van der Waals surface area contributed by atoms with E-state index in [4.69, 9.17) is 0 Å². The van der Waals surface area contributed by atoms with E-state index in [0.717, 1.165) is 6.42 Å². The van der Waals surface area contributed by atoms with Crippen molar-refractivity contribution in [1.82, 2.24) is 4.90 Å². The zero-order valence-electron chi connectivity index (χ0n) is 11.8. The molecule has 0 radical (unpaired) electrons. The van der Waals surface area contributed by atoms with Crippen LogP contribution >= 0.6 is 0 Å². The molecule has 1 atom stereocenters. The summed E-state index contributed by atoms with van der Waals surface area (Å²) in [6.45, 7) is 4.30. The van der Waals surface area contributed by atoms with Gasteiger partial charge < -0.3 is 9.64 Å². The van der Waals surface area contributed by atoms with Crippen LogP contribution in [0.3, 0.4) is 0 Å². The summed E-state index contributed by atoms with van der Waals surface area (Å²) in [5.41, 5.74) is 1.18. The highest BCUT2D eigenvalue weighted by Crippen LogP contribution is 2.06. The lowest BCUT2D eigenvalue weighted by Crippen LogP contribution is -2.37. The summed E-state index contributed by atoms with van der Waals surface area (Å²) in [5, 5.41) is 0. The van der Waals surface area contributed by atoms with Crippen LogP contribution in [0, 0.1) is 5.92 Å². The second-order valence-electron chi connectivity index (χ2n) is 4.62. The molecule has 19 heavy (non-hydrogen) atoms. The van der Waals surface area contributed by atoms with E-state index in [9.17, 15) is 9.59 Å². The second-order valence-corrected chi connectivity index (χ2v) is 4.62. The Morgan fingerprint density at radius 3 is 2.42 bits per heavy atom. The van der Waals surface area contributed by atoms with Gasteiger partial charge in [-0.15, -0.1) is 0 Å². The van der Waals surface area contributed by atoms with Crippen molar-refractivity contribution in [3.63, 3.8) is 0 Å². The van der Waals surface area contributed by atoms with Crippen LogP contribution in [-0.2, 0) is 20.7 Å². The number of hydrogen-bond acceptors (Lipinski definition) is 3. The Balaban J connectivity index is 2.54. The number of ether oxygens (including phenoxy) is 1. The molecule has 0 fully saturated rings. The van der Waals surface area contributed by atoms with Gasteiger partial charge in [-0.2, -0.15) is 0 Å². The van der Waals surface area contributed by atoms with Crippen molar-refractivity contribution in [2.24, 2.45) is 5.92 Å². The minimum atomic E-state index is -0.301. The van der Waals surface area contributed by atoms with Crippen LogP contribution in [0.5, 0.6) is 0 Å². The maximum atomic E-state index is 11.6. The maximum absolute atomic E-state index is 11.6.